The fourth-order valence-corrected chi connectivity index (χ4v) is 2.45. The minimum atomic E-state index is -5.15. The van der Waals surface area contributed by atoms with Crippen molar-refractivity contribution in [2.45, 2.75) is 37.3 Å². The average molecular weight is 362 g/mol. The van der Waals surface area contributed by atoms with Crippen LogP contribution in [0.15, 0.2) is 30.3 Å². The molecule has 0 aliphatic carbocycles. The number of hydrogen-bond acceptors (Lipinski definition) is 2. The molecular formula is C14H13F7OS. The summed E-state index contributed by atoms with van der Waals surface area (Å²) in [7, 11) is 0. The second kappa shape index (κ2) is 8.03. The van der Waals surface area contributed by atoms with Gasteiger partial charge >= 0.3 is 12.1 Å². The van der Waals surface area contributed by atoms with E-state index < -0.39 is 48.2 Å². The summed E-state index contributed by atoms with van der Waals surface area (Å²) in [6.45, 7) is 0. The summed E-state index contributed by atoms with van der Waals surface area (Å²) in [4.78, 5) is 11.6. The lowest BCUT2D eigenvalue weighted by molar-refractivity contribution is -0.192. The average Bonchev–Trinajstić information content (AvgIpc) is 2.46. The van der Waals surface area contributed by atoms with Gasteiger partial charge in [0, 0.05) is 11.3 Å². The van der Waals surface area contributed by atoms with Crippen LogP contribution in [-0.2, 0) is 0 Å². The van der Waals surface area contributed by atoms with Crippen molar-refractivity contribution < 1.29 is 35.5 Å². The van der Waals surface area contributed by atoms with E-state index in [0.717, 1.165) is 0 Å². The minimum Gasteiger partial charge on any atom is -0.282 e. The molecule has 0 aromatic heterocycles. The molecule has 0 fully saturated rings. The summed E-state index contributed by atoms with van der Waals surface area (Å²) in [6.07, 6.45) is -15.3. The maximum atomic E-state index is 13.4. The molecular weight excluding hydrogens is 349 g/mol. The Morgan fingerprint density at radius 3 is 2.09 bits per heavy atom. The van der Waals surface area contributed by atoms with E-state index in [4.69, 9.17) is 0 Å². The molecule has 0 bridgehead atoms. The lowest BCUT2D eigenvalue weighted by atomic mass is 10.0. The van der Waals surface area contributed by atoms with Crippen LogP contribution < -0.4 is 0 Å². The van der Waals surface area contributed by atoms with Crippen LogP contribution >= 0.6 is 11.8 Å². The van der Waals surface area contributed by atoms with Gasteiger partial charge in [0.1, 0.15) is 0 Å². The molecule has 0 saturated heterocycles. The fraction of sp³-hybridized carbons (Fsp3) is 0.500. The summed E-state index contributed by atoms with van der Waals surface area (Å²) >= 11 is 0.542. The van der Waals surface area contributed by atoms with Crippen LogP contribution in [0.5, 0.6) is 0 Å². The van der Waals surface area contributed by atoms with Gasteiger partial charge in [-0.1, -0.05) is 42.1 Å². The molecule has 23 heavy (non-hydrogen) atoms. The Labute approximate surface area is 132 Å². The highest BCUT2D eigenvalue weighted by atomic mass is 32.2. The van der Waals surface area contributed by atoms with Crippen LogP contribution in [0.2, 0.25) is 0 Å². The predicted molar refractivity (Wildman–Crippen MR) is 73.3 cm³/mol. The summed E-state index contributed by atoms with van der Waals surface area (Å²) in [5.74, 6) is -5.16. The second-order valence-electron chi connectivity index (χ2n) is 4.72. The van der Waals surface area contributed by atoms with E-state index in [-0.39, 0.29) is 5.56 Å². The summed E-state index contributed by atoms with van der Waals surface area (Å²) in [5.41, 5.74) is 0.278. The van der Waals surface area contributed by atoms with E-state index in [1.54, 1.807) is 18.2 Å². The third-order valence-corrected chi connectivity index (χ3v) is 3.80. The molecule has 2 atom stereocenters. The lowest BCUT2D eigenvalue weighted by Gasteiger charge is -2.24. The van der Waals surface area contributed by atoms with Crippen molar-refractivity contribution in [3.63, 3.8) is 0 Å². The lowest BCUT2D eigenvalue weighted by Crippen LogP contribution is -2.42. The maximum Gasteiger partial charge on any atom is 0.392 e. The molecule has 1 rings (SSSR count). The van der Waals surface area contributed by atoms with E-state index in [0.29, 0.717) is 11.8 Å². The van der Waals surface area contributed by atoms with Crippen molar-refractivity contribution in [2.75, 3.05) is 5.75 Å². The molecule has 0 spiro atoms. The zero-order chi connectivity index (χ0) is 17.7. The Hall–Kier alpha value is -1.25. The molecule has 0 radical (unpaired) electrons. The Kier molecular flexibility index (Phi) is 6.91. The van der Waals surface area contributed by atoms with Crippen LogP contribution in [0.1, 0.15) is 23.2 Å². The van der Waals surface area contributed by atoms with Gasteiger partial charge in [-0.2, -0.15) is 13.2 Å². The number of alkyl halides is 7. The normalized spacial score (nSPS) is 15.3. The molecule has 9 heteroatoms. The van der Waals surface area contributed by atoms with Crippen LogP contribution in [0.3, 0.4) is 0 Å². The first-order valence-corrected chi connectivity index (χ1v) is 7.47. The number of rotatable bonds is 7. The van der Waals surface area contributed by atoms with Gasteiger partial charge in [0.05, 0.1) is 6.42 Å². The molecule has 1 aromatic carbocycles. The van der Waals surface area contributed by atoms with Gasteiger partial charge in [0.2, 0.25) is 5.12 Å². The largest absolute Gasteiger partial charge is 0.392 e. The van der Waals surface area contributed by atoms with Gasteiger partial charge < -0.3 is 0 Å². The summed E-state index contributed by atoms with van der Waals surface area (Å²) in [6, 6.07) is 7.74. The van der Waals surface area contributed by atoms with Gasteiger partial charge in [0.15, 0.2) is 12.3 Å². The smallest absolute Gasteiger partial charge is 0.282 e. The monoisotopic (exact) mass is 362 g/mol. The molecule has 0 aliphatic heterocycles. The van der Waals surface area contributed by atoms with Crippen molar-refractivity contribution in [3.8, 4) is 0 Å². The van der Waals surface area contributed by atoms with Crippen LogP contribution in [-0.4, -0.2) is 35.3 Å². The van der Waals surface area contributed by atoms with Gasteiger partial charge in [-0.25, -0.2) is 17.6 Å². The maximum absolute atomic E-state index is 13.4. The van der Waals surface area contributed by atoms with Gasteiger partial charge in [-0.05, 0) is 6.42 Å². The molecule has 1 aromatic rings. The molecule has 0 N–H and O–H groups in total. The van der Waals surface area contributed by atoms with Crippen LogP contribution in [0.4, 0.5) is 30.7 Å². The first-order chi connectivity index (χ1) is 10.5. The highest BCUT2D eigenvalue weighted by Crippen LogP contribution is 2.36. The number of halogens is 7. The van der Waals surface area contributed by atoms with Crippen molar-refractivity contribution >= 4 is 16.9 Å². The summed E-state index contributed by atoms with van der Waals surface area (Å²) in [5, 5.41) is -0.492. The third kappa shape index (κ3) is 6.40. The Morgan fingerprint density at radius 2 is 1.57 bits per heavy atom. The molecule has 1 nitrogen and oxygen atoms in total. The second-order valence-corrected chi connectivity index (χ2v) is 5.79. The number of thioether (sulfide) groups is 1. The van der Waals surface area contributed by atoms with Crippen LogP contribution in [0, 0.1) is 0 Å². The van der Waals surface area contributed by atoms with Crippen molar-refractivity contribution in [3.05, 3.63) is 35.9 Å². The van der Waals surface area contributed by atoms with Crippen LogP contribution in [0.25, 0.3) is 0 Å². The predicted octanol–water partition coefficient (Wildman–Crippen LogP) is 5.21. The van der Waals surface area contributed by atoms with E-state index >= 15 is 0 Å². The highest BCUT2D eigenvalue weighted by molar-refractivity contribution is 8.14. The number of carbonyl (C=O) groups excluding carboxylic acids is 1. The topological polar surface area (TPSA) is 17.1 Å². The van der Waals surface area contributed by atoms with Crippen molar-refractivity contribution in [1.82, 2.24) is 0 Å². The molecule has 2 unspecified atom stereocenters. The molecule has 0 heterocycles. The quantitative estimate of drug-likeness (QED) is 0.619. The standard InChI is InChI=1S/C14H13F7OS/c15-10(14(20,21)11(16)8-13(17,18)19)6-7-23-12(22)9-4-2-1-3-5-9/h1-5,10-11H,6-8H2. The summed E-state index contributed by atoms with van der Waals surface area (Å²) < 4.78 is 88.6. The number of benzene rings is 1. The molecule has 0 amide bonds. The first kappa shape index (κ1) is 19.8. The van der Waals surface area contributed by atoms with E-state index in [9.17, 15) is 35.5 Å². The van der Waals surface area contributed by atoms with Gasteiger partial charge in [0.25, 0.3) is 0 Å². The van der Waals surface area contributed by atoms with Crippen molar-refractivity contribution in [2.24, 2.45) is 0 Å². The SMILES string of the molecule is O=C(SCCC(F)C(F)(F)C(F)CC(F)(F)F)c1ccccc1. The van der Waals surface area contributed by atoms with Gasteiger partial charge in [-0.3, -0.25) is 4.79 Å². The zero-order valence-electron chi connectivity index (χ0n) is 11.6. The van der Waals surface area contributed by atoms with Gasteiger partial charge in [-0.15, -0.1) is 0 Å². The first-order valence-electron chi connectivity index (χ1n) is 6.49. The van der Waals surface area contributed by atoms with E-state index in [1.165, 1.54) is 12.1 Å². The number of hydrogen-bond donors (Lipinski definition) is 0. The van der Waals surface area contributed by atoms with Crippen molar-refractivity contribution in [1.29, 1.82) is 0 Å². The third-order valence-electron chi connectivity index (χ3n) is 2.86. The van der Waals surface area contributed by atoms with E-state index in [2.05, 4.69) is 0 Å². The molecule has 130 valence electrons. The fourth-order valence-electron chi connectivity index (χ4n) is 1.64. The Bertz CT molecular complexity index is 504. The zero-order valence-corrected chi connectivity index (χ0v) is 12.4. The van der Waals surface area contributed by atoms with E-state index in [1.807, 2.05) is 0 Å². The number of carbonyl (C=O) groups is 1. The highest BCUT2D eigenvalue weighted by Gasteiger charge is 2.52. The Balaban J connectivity index is 2.49. The molecule has 0 saturated carbocycles. The minimum absolute atomic E-state index is 0.278. The Morgan fingerprint density at radius 1 is 1.00 bits per heavy atom. The molecule has 0 aliphatic rings.